The third-order valence-corrected chi connectivity index (χ3v) is 7.19. The summed E-state index contributed by atoms with van der Waals surface area (Å²) in [5.41, 5.74) is 1.04. The molecule has 2 amide bonds. The standard InChI is InChI=1S/C23H29N3O7S/c1-31-19-10-9-18(15-20(19)32-2)34(29,30)26-13-6-14-33-21(26)16-25-23(28)22(27)24-12-11-17-7-4-3-5-8-17/h3-5,7-10,15,21H,6,11-14,16H2,1-2H3,(H,24,27)(H,25,28)/t21-/m0/s1. The van der Waals surface area contributed by atoms with Crippen LogP contribution in [0.2, 0.25) is 0 Å². The molecule has 0 aliphatic carbocycles. The molecule has 3 rings (SSSR count). The third kappa shape index (κ3) is 6.25. The van der Waals surface area contributed by atoms with Crippen LogP contribution in [0.1, 0.15) is 12.0 Å². The van der Waals surface area contributed by atoms with Gasteiger partial charge in [-0.3, -0.25) is 9.59 Å². The van der Waals surface area contributed by atoms with Gasteiger partial charge in [0.05, 0.1) is 32.3 Å². The molecule has 0 bridgehead atoms. The summed E-state index contributed by atoms with van der Waals surface area (Å²) >= 11 is 0. The zero-order chi connectivity index (χ0) is 24.6. The van der Waals surface area contributed by atoms with Gasteiger partial charge in [0, 0.05) is 19.2 Å². The molecule has 0 saturated carbocycles. The summed E-state index contributed by atoms with van der Waals surface area (Å²) in [5.74, 6) is -0.969. The Morgan fingerprint density at radius 1 is 1.03 bits per heavy atom. The van der Waals surface area contributed by atoms with Gasteiger partial charge in [-0.25, -0.2) is 8.42 Å². The highest BCUT2D eigenvalue weighted by molar-refractivity contribution is 7.89. The molecule has 0 aromatic heterocycles. The van der Waals surface area contributed by atoms with Gasteiger partial charge in [0.25, 0.3) is 0 Å². The van der Waals surface area contributed by atoms with Crippen molar-refractivity contribution in [3.8, 4) is 11.5 Å². The van der Waals surface area contributed by atoms with Gasteiger partial charge in [-0.1, -0.05) is 30.3 Å². The largest absolute Gasteiger partial charge is 0.493 e. The Balaban J connectivity index is 1.60. The summed E-state index contributed by atoms with van der Waals surface area (Å²) in [6.45, 7) is 0.676. The van der Waals surface area contributed by atoms with Crippen molar-refractivity contribution >= 4 is 21.8 Å². The second kappa shape index (κ2) is 11.8. The van der Waals surface area contributed by atoms with Gasteiger partial charge in [-0.15, -0.1) is 0 Å². The lowest BCUT2D eigenvalue weighted by Gasteiger charge is -2.34. The van der Waals surface area contributed by atoms with E-state index in [1.807, 2.05) is 30.3 Å². The Morgan fingerprint density at radius 2 is 1.74 bits per heavy atom. The van der Waals surface area contributed by atoms with Crippen molar-refractivity contribution in [2.45, 2.75) is 24.0 Å². The Kier molecular flexibility index (Phi) is 8.85. The van der Waals surface area contributed by atoms with Crippen LogP contribution >= 0.6 is 0 Å². The quantitative estimate of drug-likeness (QED) is 0.500. The van der Waals surface area contributed by atoms with E-state index in [1.165, 1.54) is 36.7 Å². The minimum atomic E-state index is -3.96. The number of methoxy groups -OCH3 is 2. The molecule has 34 heavy (non-hydrogen) atoms. The van der Waals surface area contributed by atoms with Crippen LogP contribution in [0.25, 0.3) is 0 Å². The summed E-state index contributed by atoms with van der Waals surface area (Å²) < 4.78 is 43.7. The first kappa shape index (κ1) is 25.5. The Hall–Kier alpha value is -3.15. The topological polar surface area (TPSA) is 123 Å². The maximum atomic E-state index is 13.3. The zero-order valence-corrected chi connectivity index (χ0v) is 20.0. The van der Waals surface area contributed by atoms with Crippen LogP contribution in [-0.4, -0.2) is 71.2 Å². The van der Waals surface area contributed by atoms with Crippen molar-refractivity contribution < 1.29 is 32.2 Å². The molecule has 11 heteroatoms. The molecule has 2 aromatic carbocycles. The predicted octanol–water partition coefficient (Wildman–Crippen LogP) is 0.916. The number of benzene rings is 2. The van der Waals surface area contributed by atoms with E-state index in [0.717, 1.165) is 5.56 Å². The lowest BCUT2D eigenvalue weighted by Crippen LogP contribution is -2.53. The monoisotopic (exact) mass is 491 g/mol. The van der Waals surface area contributed by atoms with E-state index in [0.29, 0.717) is 31.7 Å². The molecular weight excluding hydrogens is 462 g/mol. The molecule has 0 unspecified atom stereocenters. The molecular formula is C23H29N3O7S. The normalized spacial score (nSPS) is 16.5. The van der Waals surface area contributed by atoms with E-state index in [1.54, 1.807) is 0 Å². The number of nitrogens with zero attached hydrogens (tertiary/aromatic N) is 1. The van der Waals surface area contributed by atoms with Gasteiger partial charge in [0.1, 0.15) is 6.23 Å². The first-order valence-electron chi connectivity index (χ1n) is 10.8. The number of hydrogen-bond acceptors (Lipinski definition) is 7. The van der Waals surface area contributed by atoms with E-state index in [4.69, 9.17) is 14.2 Å². The average Bonchev–Trinajstić information content (AvgIpc) is 2.87. The number of sulfonamides is 1. The summed E-state index contributed by atoms with van der Waals surface area (Å²) in [6.07, 6.45) is 0.132. The number of carbonyl (C=O) groups excluding carboxylic acids is 2. The van der Waals surface area contributed by atoms with Crippen molar-refractivity contribution in [1.82, 2.24) is 14.9 Å². The summed E-state index contributed by atoms with van der Waals surface area (Å²) in [4.78, 5) is 24.4. The zero-order valence-electron chi connectivity index (χ0n) is 19.2. The second-order valence-corrected chi connectivity index (χ2v) is 9.40. The SMILES string of the molecule is COc1ccc(S(=O)(=O)N2CCCO[C@H]2CNC(=O)C(=O)NCCc2ccccc2)cc1OC. The molecule has 1 saturated heterocycles. The van der Waals surface area contributed by atoms with Gasteiger partial charge in [-0.05, 0) is 30.5 Å². The van der Waals surface area contributed by atoms with E-state index < -0.39 is 28.1 Å². The molecule has 0 radical (unpaired) electrons. The van der Waals surface area contributed by atoms with E-state index in [2.05, 4.69) is 10.6 Å². The predicted molar refractivity (Wildman–Crippen MR) is 124 cm³/mol. The van der Waals surface area contributed by atoms with Crippen molar-refractivity contribution in [1.29, 1.82) is 0 Å². The summed E-state index contributed by atoms with van der Waals surface area (Å²) in [5, 5.41) is 5.03. The molecule has 1 atom stereocenters. The smallest absolute Gasteiger partial charge is 0.309 e. The molecule has 1 aliphatic rings. The molecule has 1 fully saturated rings. The lowest BCUT2D eigenvalue weighted by molar-refractivity contribution is -0.140. The first-order valence-corrected chi connectivity index (χ1v) is 12.3. The van der Waals surface area contributed by atoms with Gasteiger partial charge in [0.2, 0.25) is 10.0 Å². The van der Waals surface area contributed by atoms with Crippen molar-refractivity contribution in [3.63, 3.8) is 0 Å². The molecule has 2 aromatic rings. The minimum Gasteiger partial charge on any atom is -0.493 e. The molecule has 1 aliphatic heterocycles. The van der Waals surface area contributed by atoms with Crippen LogP contribution < -0.4 is 20.1 Å². The number of hydrogen-bond donors (Lipinski definition) is 2. The first-order chi connectivity index (χ1) is 16.4. The van der Waals surface area contributed by atoms with Crippen molar-refractivity contribution in [2.75, 3.05) is 40.5 Å². The molecule has 2 N–H and O–H groups in total. The molecule has 0 spiro atoms. The number of amides is 2. The van der Waals surface area contributed by atoms with Gasteiger partial charge in [-0.2, -0.15) is 4.31 Å². The highest BCUT2D eigenvalue weighted by atomic mass is 32.2. The van der Waals surface area contributed by atoms with Crippen molar-refractivity contribution in [3.05, 3.63) is 54.1 Å². The summed E-state index contributed by atoms with van der Waals surface area (Å²) in [6, 6.07) is 13.9. The second-order valence-electron chi connectivity index (χ2n) is 7.51. The number of nitrogens with one attached hydrogen (secondary N) is 2. The van der Waals surface area contributed by atoms with Crippen LogP contribution in [0, 0.1) is 0 Å². The molecule has 184 valence electrons. The van der Waals surface area contributed by atoms with E-state index in [9.17, 15) is 18.0 Å². The van der Waals surface area contributed by atoms with Gasteiger partial charge >= 0.3 is 11.8 Å². The van der Waals surface area contributed by atoms with Gasteiger partial charge < -0.3 is 24.8 Å². The number of carbonyl (C=O) groups is 2. The fourth-order valence-electron chi connectivity index (χ4n) is 3.52. The van der Waals surface area contributed by atoms with Crippen LogP contribution in [0.3, 0.4) is 0 Å². The molecule has 1 heterocycles. The van der Waals surface area contributed by atoms with Crippen molar-refractivity contribution in [2.24, 2.45) is 0 Å². The summed E-state index contributed by atoms with van der Waals surface area (Å²) in [7, 11) is -1.08. The fraction of sp³-hybridized carbons (Fsp3) is 0.391. The van der Waals surface area contributed by atoms with E-state index >= 15 is 0 Å². The number of rotatable bonds is 9. The highest BCUT2D eigenvalue weighted by Gasteiger charge is 2.35. The fourth-order valence-corrected chi connectivity index (χ4v) is 5.10. The Morgan fingerprint density at radius 3 is 2.44 bits per heavy atom. The third-order valence-electron chi connectivity index (χ3n) is 5.30. The van der Waals surface area contributed by atoms with Crippen LogP contribution in [-0.2, 0) is 30.8 Å². The lowest BCUT2D eigenvalue weighted by atomic mass is 10.1. The van der Waals surface area contributed by atoms with Crippen LogP contribution in [0.5, 0.6) is 11.5 Å². The average molecular weight is 492 g/mol. The van der Waals surface area contributed by atoms with E-state index in [-0.39, 0.29) is 23.7 Å². The van der Waals surface area contributed by atoms with Crippen LogP contribution in [0.15, 0.2) is 53.4 Å². The number of ether oxygens (including phenoxy) is 3. The Labute approximate surface area is 199 Å². The van der Waals surface area contributed by atoms with Crippen LogP contribution in [0.4, 0.5) is 0 Å². The maximum absolute atomic E-state index is 13.3. The minimum absolute atomic E-state index is 0.00521. The maximum Gasteiger partial charge on any atom is 0.309 e. The molecule has 10 nitrogen and oxygen atoms in total. The highest BCUT2D eigenvalue weighted by Crippen LogP contribution is 2.31. The Bertz CT molecular complexity index is 1090. The van der Waals surface area contributed by atoms with Gasteiger partial charge in [0.15, 0.2) is 11.5 Å².